The Morgan fingerprint density at radius 2 is 2.00 bits per heavy atom. The molecule has 0 heterocycles. The monoisotopic (exact) mass is 220 g/mol. The van der Waals surface area contributed by atoms with E-state index in [1.54, 1.807) is 0 Å². The average Bonchev–Trinajstić information content (AvgIpc) is 2.16. The van der Waals surface area contributed by atoms with Crippen molar-refractivity contribution < 1.29 is 25.2 Å². The molecule has 0 bridgehead atoms. The molecule has 0 aromatic rings. The van der Waals surface area contributed by atoms with E-state index in [0.717, 1.165) is 0 Å². The minimum atomic E-state index is -1.09. The first kappa shape index (κ1) is 13.8. The van der Waals surface area contributed by atoms with Crippen LogP contribution in [0.2, 0.25) is 0 Å². The van der Waals surface area contributed by atoms with Gasteiger partial charge in [0.05, 0.1) is 13.1 Å². The normalized spacial score (nSPS) is 10.0. The third kappa shape index (κ3) is 6.83. The Labute approximate surface area is 88.0 Å². The maximum Gasteiger partial charge on any atom is 0.329 e. The fourth-order valence-corrected chi connectivity index (χ4v) is 1.02. The van der Waals surface area contributed by atoms with Crippen LogP contribution in [0.5, 0.6) is 0 Å². The number of nitrogens with zero attached hydrogens (tertiary/aromatic N) is 1. The number of carboxylic acid groups (broad SMARTS) is 1. The standard InChI is InChI=1S/C8H17N3O4/c9-1-3-11(4-2-10)7(12)5-15-6-8(13)14/h1-6,9-10H2,(H,13,14)/p+1. The molecule has 6 N–H and O–H groups in total. The predicted molar refractivity (Wildman–Crippen MR) is 51.8 cm³/mol. The van der Waals surface area contributed by atoms with Crippen LogP contribution in [0.25, 0.3) is 0 Å². The van der Waals surface area contributed by atoms with Gasteiger partial charge in [-0.25, -0.2) is 4.79 Å². The second-order valence-corrected chi connectivity index (χ2v) is 2.91. The molecule has 0 saturated heterocycles. The van der Waals surface area contributed by atoms with Gasteiger partial charge in [0.25, 0.3) is 0 Å². The van der Waals surface area contributed by atoms with Crippen molar-refractivity contribution in [2.24, 2.45) is 5.73 Å². The largest absolute Gasteiger partial charge is 0.480 e. The van der Waals surface area contributed by atoms with Crippen LogP contribution in [0.15, 0.2) is 0 Å². The molecule has 0 atom stereocenters. The van der Waals surface area contributed by atoms with Gasteiger partial charge in [-0.2, -0.15) is 0 Å². The van der Waals surface area contributed by atoms with Crippen LogP contribution < -0.4 is 11.5 Å². The second kappa shape index (κ2) is 8.16. The summed E-state index contributed by atoms with van der Waals surface area (Å²) in [4.78, 5) is 23.1. The summed E-state index contributed by atoms with van der Waals surface area (Å²) >= 11 is 0. The van der Waals surface area contributed by atoms with Gasteiger partial charge in [0, 0.05) is 13.1 Å². The number of ether oxygens (including phenoxy) is 1. The molecule has 0 rings (SSSR count). The van der Waals surface area contributed by atoms with Crippen LogP contribution in [0.1, 0.15) is 0 Å². The Bertz CT molecular complexity index is 204. The summed E-state index contributed by atoms with van der Waals surface area (Å²) in [6.07, 6.45) is 0. The second-order valence-electron chi connectivity index (χ2n) is 2.91. The van der Waals surface area contributed by atoms with E-state index in [2.05, 4.69) is 10.5 Å². The molecular weight excluding hydrogens is 202 g/mol. The van der Waals surface area contributed by atoms with Gasteiger partial charge in [-0.1, -0.05) is 0 Å². The molecule has 1 amide bonds. The molecule has 0 aliphatic carbocycles. The summed E-state index contributed by atoms with van der Waals surface area (Å²) in [5, 5.41) is 8.29. The van der Waals surface area contributed by atoms with Crippen LogP contribution in [0, 0.1) is 0 Å². The van der Waals surface area contributed by atoms with Crippen LogP contribution >= 0.6 is 0 Å². The molecule has 7 heteroatoms. The van der Waals surface area contributed by atoms with Crippen LogP contribution in [-0.4, -0.2) is 61.3 Å². The van der Waals surface area contributed by atoms with E-state index < -0.39 is 12.6 Å². The molecule has 0 radical (unpaired) electrons. The van der Waals surface area contributed by atoms with Gasteiger partial charge in [0.2, 0.25) is 5.91 Å². The Morgan fingerprint density at radius 3 is 2.47 bits per heavy atom. The number of nitrogens with two attached hydrogens (primary N) is 1. The highest BCUT2D eigenvalue weighted by atomic mass is 16.5. The van der Waals surface area contributed by atoms with E-state index in [4.69, 9.17) is 10.8 Å². The Hall–Kier alpha value is -1.18. The van der Waals surface area contributed by atoms with E-state index in [0.29, 0.717) is 26.2 Å². The molecular formula is C8H18N3O4+. The maximum absolute atomic E-state index is 11.4. The molecule has 15 heavy (non-hydrogen) atoms. The van der Waals surface area contributed by atoms with Gasteiger partial charge >= 0.3 is 5.97 Å². The number of amides is 1. The Balaban J connectivity index is 3.85. The minimum Gasteiger partial charge on any atom is -0.480 e. The zero-order valence-electron chi connectivity index (χ0n) is 8.65. The summed E-state index contributed by atoms with van der Waals surface area (Å²) in [5.41, 5.74) is 8.95. The van der Waals surface area contributed by atoms with E-state index in [1.807, 2.05) is 0 Å². The van der Waals surface area contributed by atoms with Crippen molar-refractivity contribution >= 4 is 11.9 Å². The number of carbonyl (C=O) groups is 2. The lowest BCUT2D eigenvalue weighted by Crippen LogP contribution is -2.56. The van der Waals surface area contributed by atoms with Crippen molar-refractivity contribution in [3.8, 4) is 0 Å². The SMILES string of the molecule is NCCN(CC[NH3+])C(=O)COCC(=O)O. The molecule has 0 aliphatic heterocycles. The van der Waals surface area contributed by atoms with Crippen LogP contribution in [0.4, 0.5) is 0 Å². The molecule has 0 aromatic heterocycles. The number of hydrogen-bond donors (Lipinski definition) is 3. The summed E-state index contributed by atoms with van der Waals surface area (Å²) in [5.74, 6) is -1.35. The zero-order valence-corrected chi connectivity index (χ0v) is 8.65. The predicted octanol–water partition coefficient (Wildman–Crippen LogP) is -2.88. The summed E-state index contributed by atoms with van der Waals surface area (Å²) in [7, 11) is 0. The number of quaternary nitrogens is 1. The topological polar surface area (TPSA) is 121 Å². The highest BCUT2D eigenvalue weighted by molar-refractivity contribution is 5.78. The van der Waals surface area contributed by atoms with Crippen LogP contribution in [0.3, 0.4) is 0 Å². The lowest BCUT2D eigenvalue weighted by Gasteiger charge is -2.19. The fraction of sp³-hybridized carbons (Fsp3) is 0.750. The molecule has 0 spiro atoms. The molecule has 0 fully saturated rings. The average molecular weight is 220 g/mol. The highest BCUT2D eigenvalue weighted by Gasteiger charge is 2.12. The first-order valence-electron chi connectivity index (χ1n) is 4.68. The Morgan fingerprint density at radius 1 is 1.33 bits per heavy atom. The first-order chi connectivity index (χ1) is 7.11. The zero-order chi connectivity index (χ0) is 11.7. The maximum atomic E-state index is 11.4. The van der Waals surface area contributed by atoms with Crippen molar-refractivity contribution in [3.05, 3.63) is 0 Å². The van der Waals surface area contributed by atoms with E-state index in [1.165, 1.54) is 4.90 Å². The van der Waals surface area contributed by atoms with Crippen molar-refractivity contribution in [1.29, 1.82) is 0 Å². The third-order valence-corrected chi connectivity index (χ3v) is 1.63. The van der Waals surface area contributed by atoms with E-state index >= 15 is 0 Å². The smallest absolute Gasteiger partial charge is 0.329 e. The van der Waals surface area contributed by atoms with Gasteiger partial charge in [-0.3, -0.25) is 4.79 Å². The van der Waals surface area contributed by atoms with Gasteiger partial charge in [-0.15, -0.1) is 0 Å². The van der Waals surface area contributed by atoms with Crippen molar-refractivity contribution in [1.82, 2.24) is 4.90 Å². The molecule has 0 aliphatic rings. The molecule has 7 nitrogen and oxygen atoms in total. The van der Waals surface area contributed by atoms with Gasteiger partial charge in [0.1, 0.15) is 13.2 Å². The van der Waals surface area contributed by atoms with Crippen LogP contribution in [-0.2, 0) is 14.3 Å². The minimum absolute atomic E-state index is 0.230. The molecule has 0 unspecified atom stereocenters. The Kier molecular flexibility index (Phi) is 7.51. The van der Waals surface area contributed by atoms with Gasteiger partial charge in [-0.05, 0) is 0 Å². The van der Waals surface area contributed by atoms with Crippen molar-refractivity contribution in [2.45, 2.75) is 0 Å². The number of carbonyl (C=O) groups excluding carboxylic acids is 1. The number of hydrogen-bond acceptors (Lipinski definition) is 4. The number of carboxylic acids is 1. The lowest BCUT2D eigenvalue weighted by molar-refractivity contribution is -0.368. The van der Waals surface area contributed by atoms with Gasteiger partial charge in [0.15, 0.2) is 0 Å². The highest BCUT2D eigenvalue weighted by Crippen LogP contribution is 1.89. The quantitative estimate of drug-likeness (QED) is 0.405. The van der Waals surface area contributed by atoms with E-state index in [-0.39, 0.29) is 12.5 Å². The lowest BCUT2D eigenvalue weighted by atomic mass is 10.4. The number of rotatable bonds is 8. The van der Waals surface area contributed by atoms with E-state index in [9.17, 15) is 9.59 Å². The van der Waals surface area contributed by atoms with Crippen molar-refractivity contribution in [3.63, 3.8) is 0 Å². The summed E-state index contributed by atoms with van der Waals surface area (Å²) in [6.45, 7) is 1.20. The third-order valence-electron chi connectivity index (χ3n) is 1.63. The molecule has 0 saturated carbocycles. The summed E-state index contributed by atoms with van der Waals surface area (Å²) < 4.78 is 4.68. The molecule has 0 aromatic carbocycles. The van der Waals surface area contributed by atoms with Gasteiger partial charge < -0.3 is 26.2 Å². The fourth-order valence-electron chi connectivity index (χ4n) is 1.02. The summed E-state index contributed by atoms with van der Waals surface area (Å²) in [6, 6.07) is 0. The molecule has 88 valence electrons. The number of aliphatic carboxylic acids is 1. The van der Waals surface area contributed by atoms with Crippen molar-refractivity contribution in [2.75, 3.05) is 39.4 Å². The first-order valence-corrected chi connectivity index (χ1v) is 4.68.